The molecule has 0 saturated heterocycles. The second-order valence-corrected chi connectivity index (χ2v) is 8.15. The van der Waals surface area contributed by atoms with Crippen LogP contribution >= 0.6 is 11.8 Å². The smallest absolute Gasteiger partial charge is 0.240 e. The van der Waals surface area contributed by atoms with Gasteiger partial charge in [-0.05, 0) is 61.6 Å². The third-order valence-corrected chi connectivity index (χ3v) is 5.89. The molecular weight excluding hydrogens is 358 g/mol. The largest absolute Gasteiger partial charge is 0.494 e. The van der Waals surface area contributed by atoms with Gasteiger partial charge in [0.15, 0.2) is 0 Å². The number of hydrogen-bond donors (Lipinski definition) is 2. The summed E-state index contributed by atoms with van der Waals surface area (Å²) in [6.45, 7) is 4.10. The molecule has 0 saturated carbocycles. The molecule has 0 bridgehead atoms. The van der Waals surface area contributed by atoms with Gasteiger partial charge >= 0.3 is 0 Å². The van der Waals surface area contributed by atoms with E-state index in [4.69, 9.17) is 4.74 Å². The molecule has 1 atom stereocenters. The second-order valence-electron chi connectivity index (χ2n) is 5.50. The summed E-state index contributed by atoms with van der Waals surface area (Å²) in [5, 5.41) is 10.2. The Hall–Kier alpha value is -1.54. The zero-order valence-corrected chi connectivity index (χ0v) is 16.2. The van der Waals surface area contributed by atoms with Crippen molar-refractivity contribution in [2.75, 3.05) is 19.4 Å². The average Bonchev–Trinajstić information content (AvgIpc) is 2.61. The first-order valence-electron chi connectivity index (χ1n) is 7.92. The first kappa shape index (κ1) is 19.8. The number of ether oxygens (including phenoxy) is 1. The molecular formula is C18H23NO4S2. The van der Waals surface area contributed by atoms with Crippen molar-refractivity contribution in [1.82, 2.24) is 4.72 Å². The Balaban J connectivity index is 2.06. The molecule has 5 nitrogen and oxygen atoms in total. The maximum absolute atomic E-state index is 12.4. The molecule has 7 heteroatoms. The predicted octanol–water partition coefficient (Wildman–Crippen LogP) is 3.13. The average molecular weight is 382 g/mol. The van der Waals surface area contributed by atoms with Crippen LogP contribution in [0.25, 0.3) is 0 Å². The lowest BCUT2D eigenvalue weighted by atomic mass is 10.1. The van der Waals surface area contributed by atoms with E-state index < -0.39 is 16.1 Å². The van der Waals surface area contributed by atoms with E-state index in [-0.39, 0.29) is 11.4 Å². The van der Waals surface area contributed by atoms with Gasteiger partial charge in [-0.25, -0.2) is 13.1 Å². The third-order valence-electron chi connectivity index (χ3n) is 3.72. The molecule has 2 N–H and O–H groups in total. The van der Waals surface area contributed by atoms with Gasteiger partial charge in [-0.3, -0.25) is 0 Å². The van der Waals surface area contributed by atoms with E-state index >= 15 is 0 Å². The van der Waals surface area contributed by atoms with Crippen LogP contribution in [-0.2, 0) is 10.0 Å². The number of aliphatic hydroxyl groups excluding tert-OH is 1. The lowest BCUT2D eigenvalue weighted by Crippen LogP contribution is -2.28. The van der Waals surface area contributed by atoms with E-state index in [0.717, 1.165) is 10.5 Å². The van der Waals surface area contributed by atoms with Crippen LogP contribution in [0.15, 0.2) is 52.3 Å². The van der Waals surface area contributed by atoms with Crippen molar-refractivity contribution < 1.29 is 18.3 Å². The Kier molecular flexibility index (Phi) is 6.89. The van der Waals surface area contributed by atoms with E-state index in [0.29, 0.717) is 17.9 Å². The maximum Gasteiger partial charge on any atom is 0.240 e. The van der Waals surface area contributed by atoms with Crippen molar-refractivity contribution in [2.24, 2.45) is 0 Å². The number of hydrogen-bond acceptors (Lipinski definition) is 5. The van der Waals surface area contributed by atoms with E-state index in [2.05, 4.69) is 4.72 Å². The minimum absolute atomic E-state index is 0.0901. The molecule has 2 rings (SSSR count). The maximum atomic E-state index is 12.4. The Bertz CT molecular complexity index is 804. The number of thioether (sulfide) groups is 1. The van der Waals surface area contributed by atoms with E-state index in [1.807, 2.05) is 25.3 Å². The van der Waals surface area contributed by atoms with E-state index in [1.165, 1.54) is 6.07 Å². The lowest BCUT2D eigenvalue weighted by molar-refractivity contribution is 0.182. The lowest BCUT2D eigenvalue weighted by Gasteiger charge is -2.14. The molecule has 0 radical (unpaired) electrons. The molecule has 0 aliphatic rings. The molecule has 0 aliphatic carbocycles. The summed E-state index contributed by atoms with van der Waals surface area (Å²) in [6.07, 6.45) is 1.06. The Morgan fingerprint density at radius 2 is 1.88 bits per heavy atom. The summed E-state index contributed by atoms with van der Waals surface area (Å²) < 4.78 is 32.7. The normalized spacial score (nSPS) is 12.8. The molecule has 0 aliphatic heterocycles. The van der Waals surface area contributed by atoms with Crippen molar-refractivity contribution in [1.29, 1.82) is 0 Å². The minimum atomic E-state index is -3.70. The van der Waals surface area contributed by atoms with Crippen LogP contribution in [0.1, 0.15) is 24.2 Å². The van der Waals surface area contributed by atoms with Crippen LogP contribution in [0.4, 0.5) is 0 Å². The van der Waals surface area contributed by atoms with E-state index in [1.54, 1.807) is 43.0 Å². The summed E-state index contributed by atoms with van der Waals surface area (Å²) in [5.74, 6) is 0.662. The summed E-state index contributed by atoms with van der Waals surface area (Å²) in [5.41, 5.74) is 1.42. The molecule has 0 aromatic heterocycles. The quantitative estimate of drug-likeness (QED) is 0.687. The van der Waals surface area contributed by atoms with Crippen LogP contribution in [0, 0.1) is 6.92 Å². The topological polar surface area (TPSA) is 75.6 Å². The summed E-state index contributed by atoms with van der Waals surface area (Å²) in [7, 11) is -3.70. The Labute approximate surface area is 153 Å². The SMILES string of the molecule is CCOc1ccc(S(=O)(=O)NCC(O)c2ccc(SC)cc2)cc1C. The van der Waals surface area contributed by atoms with Gasteiger partial charge < -0.3 is 9.84 Å². The number of nitrogens with one attached hydrogen (secondary N) is 1. The van der Waals surface area contributed by atoms with Gasteiger partial charge in [0.1, 0.15) is 5.75 Å². The van der Waals surface area contributed by atoms with Crippen molar-refractivity contribution in [2.45, 2.75) is 29.7 Å². The fraction of sp³-hybridized carbons (Fsp3) is 0.333. The van der Waals surface area contributed by atoms with Crippen molar-refractivity contribution in [3.63, 3.8) is 0 Å². The molecule has 1 unspecified atom stereocenters. The molecule has 0 amide bonds. The molecule has 25 heavy (non-hydrogen) atoms. The van der Waals surface area contributed by atoms with Crippen LogP contribution in [0.3, 0.4) is 0 Å². The summed E-state index contributed by atoms with van der Waals surface area (Å²) >= 11 is 1.61. The number of sulfonamides is 1. The van der Waals surface area contributed by atoms with Crippen LogP contribution in [0.2, 0.25) is 0 Å². The zero-order valence-electron chi connectivity index (χ0n) is 14.5. The summed E-state index contributed by atoms with van der Waals surface area (Å²) in [4.78, 5) is 1.24. The Morgan fingerprint density at radius 1 is 1.20 bits per heavy atom. The number of benzene rings is 2. The third kappa shape index (κ3) is 5.22. The van der Waals surface area contributed by atoms with Gasteiger partial charge in [0.05, 0.1) is 17.6 Å². The van der Waals surface area contributed by atoms with Crippen molar-refractivity contribution in [3.05, 3.63) is 53.6 Å². The van der Waals surface area contributed by atoms with Gasteiger partial charge in [0, 0.05) is 11.4 Å². The zero-order chi connectivity index (χ0) is 18.4. The van der Waals surface area contributed by atoms with Crippen LogP contribution in [0.5, 0.6) is 5.75 Å². The van der Waals surface area contributed by atoms with Crippen molar-refractivity contribution in [3.8, 4) is 5.75 Å². The number of aryl methyl sites for hydroxylation is 1. The van der Waals surface area contributed by atoms with Gasteiger partial charge in [-0.15, -0.1) is 11.8 Å². The molecule has 0 spiro atoms. The molecule has 2 aromatic rings. The minimum Gasteiger partial charge on any atom is -0.494 e. The molecule has 0 fully saturated rings. The standard InChI is InChI=1S/C18H23NO4S2/c1-4-23-18-10-9-16(11-13(18)2)25(21,22)19-12-17(20)14-5-7-15(24-3)8-6-14/h5-11,17,19-20H,4,12H2,1-3H3. The molecule has 0 heterocycles. The highest BCUT2D eigenvalue weighted by Crippen LogP contribution is 2.22. The predicted molar refractivity (Wildman–Crippen MR) is 101 cm³/mol. The number of aliphatic hydroxyl groups is 1. The van der Waals surface area contributed by atoms with Crippen LogP contribution < -0.4 is 9.46 Å². The van der Waals surface area contributed by atoms with Gasteiger partial charge in [0.25, 0.3) is 0 Å². The van der Waals surface area contributed by atoms with Crippen molar-refractivity contribution >= 4 is 21.8 Å². The highest BCUT2D eigenvalue weighted by atomic mass is 32.2. The van der Waals surface area contributed by atoms with Gasteiger partial charge in [-0.1, -0.05) is 12.1 Å². The second kappa shape index (κ2) is 8.71. The number of rotatable bonds is 8. The fourth-order valence-electron chi connectivity index (χ4n) is 2.32. The first-order chi connectivity index (χ1) is 11.9. The highest BCUT2D eigenvalue weighted by molar-refractivity contribution is 7.98. The van der Waals surface area contributed by atoms with Gasteiger partial charge in [0.2, 0.25) is 10.0 Å². The summed E-state index contributed by atoms with van der Waals surface area (Å²) in [6, 6.07) is 12.1. The molecule has 136 valence electrons. The fourth-order valence-corrected chi connectivity index (χ4v) is 3.85. The van der Waals surface area contributed by atoms with E-state index in [9.17, 15) is 13.5 Å². The first-order valence-corrected chi connectivity index (χ1v) is 10.6. The molecule has 2 aromatic carbocycles. The monoisotopic (exact) mass is 381 g/mol. The Morgan fingerprint density at radius 3 is 2.44 bits per heavy atom. The van der Waals surface area contributed by atoms with Crippen LogP contribution in [-0.4, -0.2) is 32.9 Å². The highest BCUT2D eigenvalue weighted by Gasteiger charge is 2.18. The van der Waals surface area contributed by atoms with Gasteiger partial charge in [-0.2, -0.15) is 0 Å².